The van der Waals surface area contributed by atoms with E-state index in [2.05, 4.69) is 20.6 Å². The van der Waals surface area contributed by atoms with Crippen molar-refractivity contribution in [3.8, 4) is 0 Å². The highest BCUT2D eigenvalue weighted by atomic mass is 15.1. The number of nitrogens with one attached hydrogen (secondary N) is 2. The molecule has 0 aromatic rings. The second-order valence-electron chi connectivity index (χ2n) is 4.25. The van der Waals surface area contributed by atoms with Gasteiger partial charge in [-0.2, -0.15) is 0 Å². The summed E-state index contributed by atoms with van der Waals surface area (Å²) in [6, 6.07) is 0. The van der Waals surface area contributed by atoms with E-state index in [-0.39, 0.29) is 0 Å². The fourth-order valence-electron chi connectivity index (χ4n) is 2.44. The van der Waals surface area contributed by atoms with Crippen LogP contribution in [0.25, 0.3) is 0 Å². The summed E-state index contributed by atoms with van der Waals surface area (Å²) in [7, 11) is 0. The number of nitrogens with zero attached hydrogens (tertiary/aromatic N) is 2. The van der Waals surface area contributed by atoms with Gasteiger partial charge in [0.25, 0.3) is 0 Å². The molecule has 3 aliphatic rings. The summed E-state index contributed by atoms with van der Waals surface area (Å²) in [5, 5.41) is 6.72. The first kappa shape index (κ1) is 8.26. The summed E-state index contributed by atoms with van der Waals surface area (Å²) in [6.07, 6.45) is 2.47. The van der Waals surface area contributed by atoms with Gasteiger partial charge in [0.05, 0.1) is 24.8 Å². The van der Waals surface area contributed by atoms with Gasteiger partial charge in [-0.15, -0.1) is 0 Å². The van der Waals surface area contributed by atoms with E-state index in [0.717, 1.165) is 26.2 Å². The Morgan fingerprint density at radius 2 is 1.36 bits per heavy atom. The fraction of sp³-hybridized carbons (Fsp3) is 0.800. The first-order valence-corrected chi connectivity index (χ1v) is 5.50. The molecule has 2 aliphatic heterocycles. The molecule has 3 rings (SSSR count). The number of hydrogen-bond acceptors (Lipinski definition) is 4. The average Bonchev–Trinajstić information content (AvgIpc) is 2.71. The van der Waals surface area contributed by atoms with E-state index in [9.17, 15) is 0 Å². The summed E-state index contributed by atoms with van der Waals surface area (Å²) in [6.45, 7) is 4.01. The van der Waals surface area contributed by atoms with E-state index in [0.29, 0.717) is 11.8 Å². The Bertz CT molecular complexity index is 260. The predicted octanol–water partition coefficient (Wildman–Crippen LogP) is 0.0160. The molecule has 0 unspecified atom stereocenters. The number of hydrogen-bond donors (Lipinski definition) is 2. The molecule has 1 fully saturated rings. The van der Waals surface area contributed by atoms with Crippen molar-refractivity contribution in [1.82, 2.24) is 10.6 Å². The molecule has 2 N–H and O–H groups in total. The van der Waals surface area contributed by atoms with Crippen molar-refractivity contribution in [2.75, 3.05) is 26.2 Å². The van der Waals surface area contributed by atoms with Gasteiger partial charge in [0.2, 0.25) is 0 Å². The lowest BCUT2D eigenvalue weighted by atomic mass is 9.73. The molecule has 4 nitrogen and oxygen atoms in total. The molecule has 14 heavy (non-hydrogen) atoms. The Morgan fingerprint density at radius 3 is 1.71 bits per heavy atom. The Kier molecular flexibility index (Phi) is 1.92. The van der Waals surface area contributed by atoms with Crippen molar-refractivity contribution in [2.24, 2.45) is 21.8 Å². The van der Waals surface area contributed by atoms with Gasteiger partial charge in [-0.3, -0.25) is 9.98 Å². The molecular weight excluding hydrogens is 176 g/mol. The standard InChI is InChI=1S/C10H16N4/c1-2-12-9(11-1)7-5-8(6-7)10-13-3-4-14-10/h7-8H,1-6H2,(H,11,12)(H,13,14). The molecule has 0 saturated heterocycles. The van der Waals surface area contributed by atoms with Gasteiger partial charge in [-0.1, -0.05) is 0 Å². The fourth-order valence-corrected chi connectivity index (χ4v) is 2.44. The highest BCUT2D eigenvalue weighted by Crippen LogP contribution is 2.35. The van der Waals surface area contributed by atoms with E-state index >= 15 is 0 Å². The molecule has 0 atom stereocenters. The topological polar surface area (TPSA) is 48.8 Å². The van der Waals surface area contributed by atoms with Crippen molar-refractivity contribution >= 4 is 11.7 Å². The van der Waals surface area contributed by atoms with E-state index < -0.39 is 0 Å². The van der Waals surface area contributed by atoms with Crippen LogP contribution in [0.4, 0.5) is 0 Å². The lowest BCUT2D eigenvalue weighted by Crippen LogP contribution is -2.42. The zero-order chi connectivity index (χ0) is 9.38. The van der Waals surface area contributed by atoms with Crippen LogP contribution < -0.4 is 10.6 Å². The zero-order valence-electron chi connectivity index (χ0n) is 8.29. The Morgan fingerprint density at radius 1 is 0.857 bits per heavy atom. The van der Waals surface area contributed by atoms with Gasteiger partial charge in [0.1, 0.15) is 0 Å². The van der Waals surface area contributed by atoms with Crippen LogP contribution in [0.3, 0.4) is 0 Å². The summed E-state index contributed by atoms with van der Waals surface area (Å²) in [5.41, 5.74) is 0. The molecule has 0 bridgehead atoms. The highest BCUT2D eigenvalue weighted by molar-refractivity contribution is 5.92. The summed E-state index contributed by atoms with van der Waals surface area (Å²) >= 11 is 0. The number of rotatable bonds is 2. The molecule has 0 radical (unpaired) electrons. The van der Waals surface area contributed by atoms with Crippen molar-refractivity contribution in [2.45, 2.75) is 12.8 Å². The Hall–Kier alpha value is -1.06. The molecule has 2 heterocycles. The smallest absolute Gasteiger partial charge is 0.0996 e. The van der Waals surface area contributed by atoms with Crippen LogP contribution in [0, 0.1) is 11.8 Å². The van der Waals surface area contributed by atoms with E-state index in [1.807, 2.05) is 0 Å². The summed E-state index contributed by atoms with van der Waals surface area (Å²) in [4.78, 5) is 8.93. The molecule has 1 aliphatic carbocycles. The predicted molar refractivity (Wildman–Crippen MR) is 56.8 cm³/mol. The van der Waals surface area contributed by atoms with Crippen molar-refractivity contribution in [3.63, 3.8) is 0 Å². The van der Waals surface area contributed by atoms with Crippen LogP contribution in [-0.2, 0) is 0 Å². The van der Waals surface area contributed by atoms with Crippen LogP contribution in [0.15, 0.2) is 9.98 Å². The quantitative estimate of drug-likeness (QED) is 0.648. The number of amidine groups is 2. The third kappa shape index (κ3) is 1.29. The van der Waals surface area contributed by atoms with Crippen molar-refractivity contribution < 1.29 is 0 Å². The minimum Gasteiger partial charge on any atom is -0.372 e. The number of aliphatic imine (C=N–C) groups is 2. The molecule has 76 valence electrons. The third-order valence-corrected chi connectivity index (χ3v) is 3.31. The maximum Gasteiger partial charge on any atom is 0.0996 e. The van der Waals surface area contributed by atoms with Gasteiger partial charge in [0, 0.05) is 24.9 Å². The van der Waals surface area contributed by atoms with Gasteiger partial charge < -0.3 is 10.6 Å². The lowest BCUT2D eigenvalue weighted by molar-refractivity contribution is 0.329. The molecule has 0 aromatic carbocycles. The molecule has 0 amide bonds. The molecule has 1 saturated carbocycles. The molecule has 4 heteroatoms. The second kappa shape index (κ2) is 3.26. The van der Waals surface area contributed by atoms with E-state index in [4.69, 9.17) is 0 Å². The minimum atomic E-state index is 0.688. The average molecular weight is 192 g/mol. The second-order valence-corrected chi connectivity index (χ2v) is 4.25. The van der Waals surface area contributed by atoms with Crippen LogP contribution >= 0.6 is 0 Å². The van der Waals surface area contributed by atoms with E-state index in [1.165, 1.54) is 24.5 Å². The molecular formula is C10H16N4. The summed E-state index contributed by atoms with van der Waals surface area (Å²) in [5.74, 6) is 3.87. The maximum atomic E-state index is 4.46. The van der Waals surface area contributed by atoms with Gasteiger partial charge in [-0.25, -0.2) is 0 Å². The van der Waals surface area contributed by atoms with Crippen LogP contribution in [0.2, 0.25) is 0 Å². The van der Waals surface area contributed by atoms with Crippen LogP contribution in [-0.4, -0.2) is 37.9 Å². The Labute approximate surface area is 83.9 Å². The zero-order valence-corrected chi connectivity index (χ0v) is 8.29. The highest BCUT2D eigenvalue weighted by Gasteiger charge is 2.37. The minimum absolute atomic E-state index is 0.688. The van der Waals surface area contributed by atoms with Gasteiger partial charge in [0.15, 0.2) is 0 Å². The SMILES string of the molecule is C1CNC(C2CC(C3=NCCN3)C2)=N1. The summed E-state index contributed by atoms with van der Waals surface area (Å²) < 4.78 is 0. The monoisotopic (exact) mass is 192 g/mol. The maximum absolute atomic E-state index is 4.46. The molecule has 0 aromatic heterocycles. The Balaban J connectivity index is 1.55. The lowest BCUT2D eigenvalue weighted by Gasteiger charge is -2.35. The third-order valence-electron chi connectivity index (χ3n) is 3.31. The van der Waals surface area contributed by atoms with E-state index in [1.54, 1.807) is 0 Å². The van der Waals surface area contributed by atoms with Crippen molar-refractivity contribution in [3.05, 3.63) is 0 Å². The van der Waals surface area contributed by atoms with Crippen LogP contribution in [0.5, 0.6) is 0 Å². The van der Waals surface area contributed by atoms with Crippen molar-refractivity contribution in [1.29, 1.82) is 0 Å². The molecule has 0 spiro atoms. The largest absolute Gasteiger partial charge is 0.372 e. The first-order valence-electron chi connectivity index (χ1n) is 5.50. The van der Waals surface area contributed by atoms with Crippen LogP contribution in [0.1, 0.15) is 12.8 Å². The van der Waals surface area contributed by atoms with Gasteiger partial charge in [-0.05, 0) is 12.8 Å². The van der Waals surface area contributed by atoms with Gasteiger partial charge >= 0.3 is 0 Å². The normalized spacial score (nSPS) is 35.4. The first-order chi connectivity index (χ1) is 6.93.